The van der Waals surface area contributed by atoms with Gasteiger partial charge in [-0.1, -0.05) is 26.2 Å². The first-order valence-corrected chi connectivity index (χ1v) is 4.95. The van der Waals surface area contributed by atoms with Gasteiger partial charge in [-0.15, -0.1) is 0 Å². The first-order valence-electron chi connectivity index (χ1n) is 4.95. The van der Waals surface area contributed by atoms with Gasteiger partial charge < -0.3 is 9.80 Å². The van der Waals surface area contributed by atoms with E-state index in [-0.39, 0.29) is 4.70 Å². The Hall–Kier alpha value is -0.730. The molecule has 1 rings (SSSR count). The van der Waals surface area contributed by atoms with Crippen LogP contribution in [0.15, 0.2) is 12.4 Å². The fourth-order valence-corrected chi connectivity index (χ4v) is 1.48. The smallest absolute Gasteiger partial charge is 0.0890 e. The monoisotopic (exact) mass is 188 g/mol. The summed E-state index contributed by atoms with van der Waals surface area (Å²) in [4.78, 5) is 4.58. The molecule has 3 heteroatoms. The highest BCUT2D eigenvalue weighted by atomic mass is 19.0. The van der Waals surface area contributed by atoms with E-state index in [1.165, 1.54) is 32.2 Å². The maximum atomic E-state index is 2.37. The molecule has 0 saturated carbocycles. The van der Waals surface area contributed by atoms with E-state index < -0.39 is 0 Å². The Balaban J connectivity index is 0.00000144. The van der Waals surface area contributed by atoms with Crippen molar-refractivity contribution >= 4 is 0 Å². The standard InChI is InChI=1S/C10H20N2.FH/c1-3-4-5-6-7-12-9-8-11(2)10-12;/h8-9H,3-7,10H2,1-2H3;1H. The molecule has 0 bridgehead atoms. The molecule has 0 saturated heterocycles. The Morgan fingerprint density at radius 2 is 1.92 bits per heavy atom. The van der Waals surface area contributed by atoms with Crippen molar-refractivity contribution in [1.82, 2.24) is 9.80 Å². The molecule has 0 aliphatic carbocycles. The Bertz CT molecular complexity index is 148. The van der Waals surface area contributed by atoms with E-state index in [9.17, 15) is 0 Å². The van der Waals surface area contributed by atoms with Crippen molar-refractivity contribution in [3.8, 4) is 0 Å². The summed E-state index contributed by atoms with van der Waals surface area (Å²) in [6.45, 7) is 4.55. The van der Waals surface area contributed by atoms with Crippen molar-refractivity contribution in [1.29, 1.82) is 0 Å². The molecule has 78 valence electrons. The second kappa shape index (κ2) is 6.75. The number of hydrogen-bond donors (Lipinski definition) is 0. The van der Waals surface area contributed by atoms with Gasteiger partial charge in [0.05, 0.1) is 6.67 Å². The second-order valence-electron chi connectivity index (χ2n) is 3.57. The van der Waals surface area contributed by atoms with Gasteiger partial charge >= 0.3 is 0 Å². The van der Waals surface area contributed by atoms with Crippen LogP contribution in [0.4, 0.5) is 4.70 Å². The van der Waals surface area contributed by atoms with E-state index in [2.05, 4.69) is 36.2 Å². The minimum absolute atomic E-state index is 0. The number of nitrogens with zero attached hydrogens (tertiary/aromatic N) is 2. The van der Waals surface area contributed by atoms with Gasteiger partial charge in [0.1, 0.15) is 0 Å². The van der Waals surface area contributed by atoms with Gasteiger partial charge in [0.15, 0.2) is 0 Å². The number of rotatable bonds is 5. The Morgan fingerprint density at radius 1 is 1.15 bits per heavy atom. The van der Waals surface area contributed by atoms with E-state index >= 15 is 0 Å². The van der Waals surface area contributed by atoms with Crippen molar-refractivity contribution in [3.63, 3.8) is 0 Å². The summed E-state index contributed by atoms with van der Waals surface area (Å²) in [6.07, 6.45) is 9.76. The Kier molecular flexibility index (Phi) is 6.37. The molecule has 0 aromatic heterocycles. The second-order valence-corrected chi connectivity index (χ2v) is 3.57. The molecule has 0 atom stereocenters. The molecular formula is C10H21FN2. The zero-order valence-electron chi connectivity index (χ0n) is 8.70. The van der Waals surface area contributed by atoms with Gasteiger partial charge in [0.25, 0.3) is 0 Å². The third-order valence-corrected chi connectivity index (χ3v) is 2.24. The molecule has 0 spiro atoms. The number of hydrogen-bond acceptors (Lipinski definition) is 2. The normalized spacial score (nSPS) is 14.9. The highest BCUT2D eigenvalue weighted by Gasteiger charge is 2.06. The topological polar surface area (TPSA) is 6.48 Å². The summed E-state index contributed by atoms with van der Waals surface area (Å²) >= 11 is 0. The molecule has 2 nitrogen and oxygen atoms in total. The van der Waals surface area contributed by atoms with Crippen LogP contribution in [0.2, 0.25) is 0 Å². The van der Waals surface area contributed by atoms with Gasteiger partial charge in [-0.2, -0.15) is 0 Å². The van der Waals surface area contributed by atoms with Crippen LogP contribution >= 0.6 is 0 Å². The number of halogens is 1. The van der Waals surface area contributed by atoms with E-state index in [0.717, 1.165) is 6.67 Å². The molecule has 13 heavy (non-hydrogen) atoms. The lowest BCUT2D eigenvalue weighted by Crippen LogP contribution is -2.23. The largest absolute Gasteiger partial charge is 0.362 e. The summed E-state index contributed by atoms with van der Waals surface area (Å²) in [7, 11) is 2.11. The molecule has 1 aliphatic rings. The van der Waals surface area contributed by atoms with Crippen LogP contribution in [0.5, 0.6) is 0 Å². The van der Waals surface area contributed by atoms with Gasteiger partial charge in [0.2, 0.25) is 0 Å². The maximum Gasteiger partial charge on any atom is 0.0890 e. The molecular weight excluding hydrogens is 167 g/mol. The first-order chi connectivity index (χ1) is 5.83. The summed E-state index contributed by atoms with van der Waals surface area (Å²) in [5.74, 6) is 0. The number of unbranched alkanes of at least 4 members (excludes halogenated alkanes) is 3. The average Bonchev–Trinajstić information content (AvgIpc) is 2.45. The SMILES string of the molecule is CCCCCCN1C=CN(C)C1.F. The van der Waals surface area contributed by atoms with Crippen LogP contribution in [-0.4, -0.2) is 30.1 Å². The first kappa shape index (κ1) is 12.3. The van der Waals surface area contributed by atoms with Crippen LogP contribution in [0.3, 0.4) is 0 Å². The van der Waals surface area contributed by atoms with Crippen LogP contribution in [0.1, 0.15) is 32.6 Å². The van der Waals surface area contributed by atoms with Crippen molar-refractivity contribution in [3.05, 3.63) is 12.4 Å². The minimum atomic E-state index is 0. The third-order valence-electron chi connectivity index (χ3n) is 2.24. The van der Waals surface area contributed by atoms with Crippen LogP contribution in [0, 0.1) is 0 Å². The van der Waals surface area contributed by atoms with Crippen molar-refractivity contribution in [2.24, 2.45) is 0 Å². The predicted octanol–water partition coefficient (Wildman–Crippen LogP) is 2.40. The third kappa shape index (κ3) is 4.76. The summed E-state index contributed by atoms with van der Waals surface area (Å²) in [6, 6.07) is 0. The maximum absolute atomic E-state index is 2.37. The zero-order chi connectivity index (χ0) is 8.81. The lowest BCUT2D eigenvalue weighted by Gasteiger charge is -2.17. The molecule has 1 aliphatic heterocycles. The molecule has 0 amide bonds. The van der Waals surface area contributed by atoms with Gasteiger partial charge in [0, 0.05) is 26.0 Å². The van der Waals surface area contributed by atoms with E-state index in [4.69, 9.17) is 0 Å². The highest BCUT2D eigenvalue weighted by molar-refractivity contribution is 4.88. The summed E-state index contributed by atoms with van der Waals surface area (Å²) in [5, 5.41) is 0. The van der Waals surface area contributed by atoms with E-state index in [1.54, 1.807) is 0 Å². The zero-order valence-corrected chi connectivity index (χ0v) is 8.70. The fraction of sp³-hybridized carbons (Fsp3) is 0.800. The Labute approximate surface area is 80.6 Å². The quantitative estimate of drug-likeness (QED) is 0.611. The molecule has 0 aromatic rings. The minimum Gasteiger partial charge on any atom is -0.362 e. The lowest BCUT2D eigenvalue weighted by molar-refractivity contribution is 0.291. The van der Waals surface area contributed by atoms with Crippen LogP contribution < -0.4 is 0 Å². The highest BCUT2D eigenvalue weighted by Crippen LogP contribution is 2.06. The van der Waals surface area contributed by atoms with Gasteiger partial charge in [-0.05, 0) is 6.42 Å². The van der Waals surface area contributed by atoms with Gasteiger partial charge in [-0.3, -0.25) is 4.70 Å². The summed E-state index contributed by atoms with van der Waals surface area (Å²) < 4.78 is 0. The Morgan fingerprint density at radius 3 is 2.46 bits per heavy atom. The molecule has 0 radical (unpaired) electrons. The molecule has 1 heterocycles. The van der Waals surface area contributed by atoms with Crippen molar-refractivity contribution < 1.29 is 4.70 Å². The van der Waals surface area contributed by atoms with Gasteiger partial charge in [-0.25, -0.2) is 0 Å². The average molecular weight is 188 g/mol. The predicted molar refractivity (Wildman–Crippen MR) is 55.1 cm³/mol. The molecule has 0 fully saturated rings. The fourth-order valence-electron chi connectivity index (χ4n) is 1.48. The lowest BCUT2D eigenvalue weighted by atomic mass is 10.2. The molecule has 0 N–H and O–H groups in total. The molecule has 0 unspecified atom stereocenters. The van der Waals surface area contributed by atoms with Crippen molar-refractivity contribution in [2.45, 2.75) is 32.6 Å². The van der Waals surface area contributed by atoms with Crippen LogP contribution in [-0.2, 0) is 0 Å². The van der Waals surface area contributed by atoms with E-state index in [0.29, 0.717) is 0 Å². The van der Waals surface area contributed by atoms with E-state index in [1.807, 2.05) is 0 Å². The summed E-state index contributed by atoms with van der Waals surface area (Å²) in [5.41, 5.74) is 0. The van der Waals surface area contributed by atoms with Crippen molar-refractivity contribution in [2.75, 3.05) is 20.3 Å². The van der Waals surface area contributed by atoms with Crippen LogP contribution in [0.25, 0.3) is 0 Å². The molecule has 0 aromatic carbocycles.